The SMILES string of the molecule is COc1ccccc1Nc1ccccc1C(=O)N[C@@H]1CCC(=O)NC1. The van der Waals surface area contributed by atoms with E-state index < -0.39 is 0 Å². The number of anilines is 2. The van der Waals surface area contributed by atoms with Gasteiger partial charge in [0.25, 0.3) is 5.91 Å². The molecule has 0 unspecified atom stereocenters. The van der Waals surface area contributed by atoms with Crippen LogP contribution in [0.15, 0.2) is 48.5 Å². The molecule has 0 radical (unpaired) electrons. The van der Waals surface area contributed by atoms with Crippen molar-refractivity contribution in [3.63, 3.8) is 0 Å². The summed E-state index contributed by atoms with van der Waals surface area (Å²) in [5, 5.41) is 9.02. The molecule has 1 fully saturated rings. The summed E-state index contributed by atoms with van der Waals surface area (Å²) in [4.78, 5) is 23.9. The molecule has 3 rings (SSSR count). The molecule has 1 heterocycles. The van der Waals surface area contributed by atoms with Crippen LogP contribution in [0.25, 0.3) is 0 Å². The Balaban J connectivity index is 1.76. The Labute approximate surface area is 146 Å². The van der Waals surface area contributed by atoms with Crippen LogP contribution in [0.4, 0.5) is 11.4 Å². The Bertz CT molecular complexity index is 766. The molecule has 1 aliphatic rings. The van der Waals surface area contributed by atoms with Gasteiger partial charge in [-0.15, -0.1) is 0 Å². The molecule has 25 heavy (non-hydrogen) atoms. The number of carbonyl (C=O) groups is 2. The number of hydrogen-bond acceptors (Lipinski definition) is 4. The van der Waals surface area contributed by atoms with Gasteiger partial charge in [-0.25, -0.2) is 0 Å². The van der Waals surface area contributed by atoms with Crippen LogP contribution < -0.4 is 20.7 Å². The second-order valence-electron chi connectivity index (χ2n) is 5.88. The molecular formula is C19H21N3O3. The van der Waals surface area contributed by atoms with Crippen molar-refractivity contribution in [2.75, 3.05) is 19.0 Å². The smallest absolute Gasteiger partial charge is 0.253 e. The summed E-state index contributed by atoms with van der Waals surface area (Å²) in [5.41, 5.74) is 2.03. The molecule has 2 aromatic carbocycles. The van der Waals surface area contributed by atoms with E-state index in [0.717, 1.165) is 5.69 Å². The molecule has 1 saturated heterocycles. The predicted octanol–water partition coefficient (Wildman–Crippen LogP) is 2.45. The highest BCUT2D eigenvalue weighted by molar-refractivity contribution is 6.00. The minimum Gasteiger partial charge on any atom is -0.495 e. The predicted molar refractivity (Wildman–Crippen MR) is 96.2 cm³/mol. The third kappa shape index (κ3) is 4.09. The highest BCUT2D eigenvalue weighted by Gasteiger charge is 2.21. The van der Waals surface area contributed by atoms with E-state index in [0.29, 0.717) is 36.4 Å². The Morgan fingerprint density at radius 2 is 1.84 bits per heavy atom. The van der Waals surface area contributed by atoms with Crippen molar-refractivity contribution in [2.45, 2.75) is 18.9 Å². The zero-order chi connectivity index (χ0) is 17.6. The maximum atomic E-state index is 12.7. The van der Waals surface area contributed by atoms with Crippen molar-refractivity contribution < 1.29 is 14.3 Å². The van der Waals surface area contributed by atoms with Gasteiger partial charge in [0.1, 0.15) is 5.75 Å². The number of nitrogens with one attached hydrogen (secondary N) is 3. The molecule has 0 bridgehead atoms. The van der Waals surface area contributed by atoms with Crippen molar-refractivity contribution >= 4 is 23.2 Å². The number of benzene rings is 2. The van der Waals surface area contributed by atoms with E-state index in [9.17, 15) is 9.59 Å². The minimum atomic E-state index is -0.167. The first-order valence-electron chi connectivity index (χ1n) is 8.24. The Morgan fingerprint density at radius 3 is 2.56 bits per heavy atom. The lowest BCUT2D eigenvalue weighted by molar-refractivity contribution is -0.122. The van der Waals surface area contributed by atoms with Gasteiger partial charge in [-0.2, -0.15) is 0 Å². The van der Waals surface area contributed by atoms with Crippen molar-refractivity contribution in [3.8, 4) is 5.75 Å². The fourth-order valence-electron chi connectivity index (χ4n) is 2.80. The van der Waals surface area contributed by atoms with Gasteiger partial charge in [0.2, 0.25) is 5.91 Å². The number of hydrogen-bond donors (Lipinski definition) is 3. The number of piperidine rings is 1. The molecule has 2 amide bonds. The average molecular weight is 339 g/mol. The van der Waals surface area contributed by atoms with Crippen molar-refractivity contribution in [1.82, 2.24) is 10.6 Å². The van der Waals surface area contributed by atoms with Crippen LogP contribution in [-0.2, 0) is 4.79 Å². The topological polar surface area (TPSA) is 79.5 Å². The van der Waals surface area contributed by atoms with E-state index in [2.05, 4.69) is 16.0 Å². The summed E-state index contributed by atoms with van der Waals surface area (Å²) in [7, 11) is 1.61. The Morgan fingerprint density at radius 1 is 1.12 bits per heavy atom. The molecule has 1 aliphatic heterocycles. The molecule has 0 aromatic heterocycles. The molecule has 130 valence electrons. The number of para-hydroxylation sites is 3. The van der Waals surface area contributed by atoms with E-state index in [4.69, 9.17) is 4.74 Å². The second kappa shape index (κ2) is 7.70. The van der Waals surface area contributed by atoms with Crippen LogP contribution in [0.5, 0.6) is 5.75 Å². The maximum absolute atomic E-state index is 12.7. The number of ether oxygens (including phenoxy) is 1. The lowest BCUT2D eigenvalue weighted by Crippen LogP contribution is -2.47. The molecule has 1 atom stereocenters. The summed E-state index contributed by atoms with van der Waals surface area (Å²) in [5.74, 6) is 0.565. The van der Waals surface area contributed by atoms with Gasteiger partial charge in [-0.1, -0.05) is 24.3 Å². The third-order valence-corrected chi connectivity index (χ3v) is 4.15. The number of amides is 2. The van der Waals surface area contributed by atoms with E-state index in [-0.39, 0.29) is 17.9 Å². The molecule has 0 saturated carbocycles. The molecule has 6 nitrogen and oxygen atoms in total. The van der Waals surface area contributed by atoms with E-state index >= 15 is 0 Å². The molecule has 0 aliphatic carbocycles. The number of rotatable bonds is 5. The van der Waals surface area contributed by atoms with Crippen LogP contribution >= 0.6 is 0 Å². The van der Waals surface area contributed by atoms with Gasteiger partial charge >= 0.3 is 0 Å². The first-order valence-corrected chi connectivity index (χ1v) is 8.24. The van der Waals surface area contributed by atoms with Crippen molar-refractivity contribution in [2.24, 2.45) is 0 Å². The fraction of sp³-hybridized carbons (Fsp3) is 0.263. The maximum Gasteiger partial charge on any atom is 0.253 e. The molecule has 0 spiro atoms. The average Bonchev–Trinajstić information content (AvgIpc) is 2.64. The minimum absolute atomic E-state index is 0.0312. The second-order valence-corrected chi connectivity index (χ2v) is 5.88. The van der Waals surface area contributed by atoms with Crippen LogP contribution in [0.2, 0.25) is 0 Å². The van der Waals surface area contributed by atoms with Gasteiger partial charge in [-0.05, 0) is 30.7 Å². The summed E-state index contributed by atoms with van der Waals surface area (Å²) in [6, 6.07) is 14.8. The van der Waals surface area contributed by atoms with Crippen LogP contribution in [0.3, 0.4) is 0 Å². The highest BCUT2D eigenvalue weighted by Crippen LogP contribution is 2.28. The zero-order valence-electron chi connectivity index (χ0n) is 14.0. The summed E-state index contributed by atoms with van der Waals surface area (Å²) in [6.45, 7) is 0.465. The molecular weight excluding hydrogens is 318 g/mol. The van der Waals surface area contributed by atoms with Crippen molar-refractivity contribution in [1.29, 1.82) is 0 Å². The summed E-state index contributed by atoms with van der Waals surface area (Å²) >= 11 is 0. The molecule has 6 heteroatoms. The van der Waals surface area contributed by atoms with E-state index in [1.54, 1.807) is 13.2 Å². The lowest BCUT2D eigenvalue weighted by Gasteiger charge is -2.24. The van der Waals surface area contributed by atoms with Gasteiger partial charge in [0.15, 0.2) is 0 Å². The van der Waals surface area contributed by atoms with E-state index in [1.165, 1.54) is 0 Å². The summed E-state index contributed by atoms with van der Waals surface area (Å²) < 4.78 is 5.35. The Kier molecular flexibility index (Phi) is 5.18. The third-order valence-electron chi connectivity index (χ3n) is 4.15. The van der Waals surface area contributed by atoms with Gasteiger partial charge in [0, 0.05) is 19.0 Å². The number of carbonyl (C=O) groups excluding carboxylic acids is 2. The van der Waals surface area contributed by atoms with Crippen molar-refractivity contribution in [3.05, 3.63) is 54.1 Å². The normalized spacial score (nSPS) is 16.7. The Hall–Kier alpha value is -3.02. The lowest BCUT2D eigenvalue weighted by atomic mass is 10.1. The number of methoxy groups -OCH3 is 1. The van der Waals surface area contributed by atoms with Gasteiger partial charge in [0.05, 0.1) is 24.0 Å². The monoisotopic (exact) mass is 339 g/mol. The fourth-order valence-corrected chi connectivity index (χ4v) is 2.80. The quantitative estimate of drug-likeness (QED) is 0.782. The largest absolute Gasteiger partial charge is 0.495 e. The van der Waals surface area contributed by atoms with Crippen LogP contribution in [0, 0.1) is 0 Å². The first kappa shape index (κ1) is 16.8. The zero-order valence-corrected chi connectivity index (χ0v) is 14.0. The molecule has 2 aromatic rings. The van der Waals surface area contributed by atoms with Gasteiger partial charge in [-0.3, -0.25) is 9.59 Å². The molecule has 3 N–H and O–H groups in total. The first-order chi connectivity index (χ1) is 12.2. The summed E-state index contributed by atoms with van der Waals surface area (Å²) in [6.07, 6.45) is 1.09. The van der Waals surface area contributed by atoms with E-state index in [1.807, 2.05) is 42.5 Å². The highest BCUT2D eigenvalue weighted by atomic mass is 16.5. The standard InChI is InChI=1S/C19H21N3O3/c1-25-17-9-5-4-8-16(17)22-15-7-3-2-6-14(15)19(24)21-13-10-11-18(23)20-12-13/h2-9,13,22H,10-12H2,1H3,(H,20,23)(H,21,24)/t13-/m1/s1. The van der Waals surface area contributed by atoms with Crippen LogP contribution in [-0.4, -0.2) is 31.5 Å². The van der Waals surface area contributed by atoms with Gasteiger partial charge < -0.3 is 20.7 Å². The van der Waals surface area contributed by atoms with Crippen LogP contribution in [0.1, 0.15) is 23.2 Å².